The van der Waals surface area contributed by atoms with Crippen LogP contribution in [0.25, 0.3) is 0 Å². The normalized spacial score (nSPS) is 10.9. The first-order chi connectivity index (χ1) is 12.7. The van der Waals surface area contributed by atoms with Crippen LogP contribution >= 0.6 is 15.9 Å². The molecule has 2 rings (SSSR count). The van der Waals surface area contributed by atoms with Gasteiger partial charge in [-0.25, -0.2) is 0 Å². The van der Waals surface area contributed by atoms with Crippen LogP contribution < -0.4 is 20.3 Å². The molecule has 0 fully saturated rings. The highest BCUT2D eigenvalue weighted by molar-refractivity contribution is 9.10. The number of hydrogen-bond donors (Lipinski definition) is 2. The number of hydrazine groups is 1. The molecule has 2 aromatic carbocycles. The molecule has 6 nitrogen and oxygen atoms in total. The molecule has 2 amide bonds. The van der Waals surface area contributed by atoms with Gasteiger partial charge in [-0.2, -0.15) is 0 Å². The number of rotatable bonds is 5. The zero-order valence-corrected chi connectivity index (χ0v) is 17.3. The van der Waals surface area contributed by atoms with E-state index in [0.29, 0.717) is 21.5 Å². The Bertz CT molecular complexity index is 814. The topological polar surface area (TPSA) is 76.7 Å². The third-order valence-corrected chi connectivity index (χ3v) is 4.44. The van der Waals surface area contributed by atoms with Gasteiger partial charge in [0.05, 0.1) is 11.6 Å². The first kappa shape index (κ1) is 20.8. The molecule has 0 radical (unpaired) electrons. The van der Waals surface area contributed by atoms with E-state index in [0.717, 1.165) is 0 Å². The second-order valence-corrected chi connectivity index (χ2v) is 7.77. The lowest BCUT2D eigenvalue weighted by Crippen LogP contribution is -2.43. The van der Waals surface area contributed by atoms with Crippen molar-refractivity contribution in [2.75, 3.05) is 13.7 Å². The SMILES string of the molecule is COc1ccc(C(=O)NNC(=O)COc2ccc(C(C)(C)C)cc2)cc1Br. The summed E-state index contributed by atoms with van der Waals surface area (Å²) in [5.41, 5.74) is 6.28. The number of amides is 2. The van der Waals surface area contributed by atoms with Gasteiger partial charge in [0, 0.05) is 5.56 Å². The number of halogens is 1. The van der Waals surface area contributed by atoms with Crippen molar-refractivity contribution in [3.63, 3.8) is 0 Å². The van der Waals surface area contributed by atoms with Crippen molar-refractivity contribution in [3.8, 4) is 11.5 Å². The lowest BCUT2D eigenvalue weighted by Gasteiger charge is -2.19. The van der Waals surface area contributed by atoms with Crippen molar-refractivity contribution < 1.29 is 19.1 Å². The maximum atomic E-state index is 12.1. The summed E-state index contributed by atoms with van der Waals surface area (Å²) in [6.07, 6.45) is 0. The average Bonchev–Trinajstić information content (AvgIpc) is 2.64. The third kappa shape index (κ3) is 5.99. The van der Waals surface area contributed by atoms with Crippen molar-refractivity contribution in [2.45, 2.75) is 26.2 Å². The van der Waals surface area contributed by atoms with Gasteiger partial charge in [-0.1, -0.05) is 32.9 Å². The minimum atomic E-state index is -0.462. The number of carbonyl (C=O) groups excluding carboxylic acids is 2. The van der Waals surface area contributed by atoms with E-state index in [-0.39, 0.29) is 12.0 Å². The molecular formula is C20H23BrN2O4. The molecule has 144 valence electrons. The zero-order valence-electron chi connectivity index (χ0n) is 15.8. The minimum absolute atomic E-state index is 0.0522. The third-order valence-electron chi connectivity index (χ3n) is 3.82. The second kappa shape index (κ2) is 8.90. The number of nitrogens with one attached hydrogen (secondary N) is 2. The average molecular weight is 435 g/mol. The van der Waals surface area contributed by atoms with Crippen LogP contribution in [0.3, 0.4) is 0 Å². The lowest BCUT2D eigenvalue weighted by atomic mass is 9.87. The first-order valence-electron chi connectivity index (χ1n) is 8.37. The van der Waals surface area contributed by atoms with E-state index in [1.807, 2.05) is 24.3 Å². The maximum absolute atomic E-state index is 12.1. The van der Waals surface area contributed by atoms with Crippen LogP contribution in [0.4, 0.5) is 0 Å². The molecule has 0 aliphatic rings. The van der Waals surface area contributed by atoms with Gasteiger partial charge in [0.1, 0.15) is 11.5 Å². The number of ether oxygens (including phenoxy) is 2. The summed E-state index contributed by atoms with van der Waals surface area (Å²) >= 11 is 3.31. The predicted molar refractivity (Wildman–Crippen MR) is 107 cm³/mol. The van der Waals surface area contributed by atoms with Gasteiger partial charge < -0.3 is 9.47 Å². The highest BCUT2D eigenvalue weighted by atomic mass is 79.9. The minimum Gasteiger partial charge on any atom is -0.496 e. The Kier molecular flexibility index (Phi) is 6.85. The van der Waals surface area contributed by atoms with Crippen molar-refractivity contribution in [3.05, 3.63) is 58.1 Å². The van der Waals surface area contributed by atoms with Crippen molar-refractivity contribution in [2.24, 2.45) is 0 Å². The van der Waals surface area contributed by atoms with Gasteiger partial charge in [0.2, 0.25) is 0 Å². The number of methoxy groups -OCH3 is 1. The second-order valence-electron chi connectivity index (χ2n) is 6.91. The van der Waals surface area contributed by atoms with E-state index in [9.17, 15) is 9.59 Å². The standard InChI is InChI=1S/C20H23BrN2O4/c1-20(2,3)14-6-8-15(9-7-14)27-12-18(24)22-23-19(25)13-5-10-17(26-4)16(21)11-13/h5-11H,12H2,1-4H3,(H,22,24)(H,23,25). The summed E-state index contributed by atoms with van der Waals surface area (Å²) in [4.78, 5) is 23.9. The van der Waals surface area contributed by atoms with E-state index in [1.165, 1.54) is 12.7 Å². The summed E-state index contributed by atoms with van der Waals surface area (Å²) in [5.74, 6) is 0.294. The van der Waals surface area contributed by atoms with E-state index < -0.39 is 11.8 Å². The molecule has 0 bridgehead atoms. The summed E-state index contributed by atoms with van der Waals surface area (Å²) in [6.45, 7) is 6.17. The van der Waals surface area contributed by atoms with E-state index in [4.69, 9.17) is 9.47 Å². The molecule has 0 unspecified atom stereocenters. The van der Waals surface area contributed by atoms with Gasteiger partial charge >= 0.3 is 0 Å². The molecule has 0 atom stereocenters. The predicted octanol–water partition coefficient (Wildman–Crippen LogP) is 3.60. The van der Waals surface area contributed by atoms with Crippen LogP contribution in [0.1, 0.15) is 36.7 Å². The fourth-order valence-electron chi connectivity index (χ4n) is 2.24. The fraction of sp³-hybridized carbons (Fsp3) is 0.300. The molecule has 7 heteroatoms. The molecule has 0 spiro atoms. The van der Waals surface area contributed by atoms with Crippen molar-refractivity contribution in [1.29, 1.82) is 0 Å². The molecule has 2 N–H and O–H groups in total. The number of benzene rings is 2. The zero-order chi connectivity index (χ0) is 20.0. The van der Waals surface area contributed by atoms with E-state index >= 15 is 0 Å². The molecule has 0 heterocycles. The van der Waals surface area contributed by atoms with Crippen LogP contribution in [0.2, 0.25) is 0 Å². The monoisotopic (exact) mass is 434 g/mol. The molecule has 0 aliphatic heterocycles. The van der Waals surface area contributed by atoms with Gasteiger partial charge in [0.15, 0.2) is 6.61 Å². The Morgan fingerprint density at radius 3 is 2.26 bits per heavy atom. The number of carbonyl (C=O) groups is 2. The van der Waals surface area contributed by atoms with Crippen LogP contribution in [0.15, 0.2) is 46.9 Å². The molecule has 27 heavy (non-hydrogen) atoms. The summed E-state index contributed by atoms with van der Waals surface area (Å²) in [5, 5.41) is 0. The van der Waals surface area contributed by atoms with Crippen LogP contribution in [0, 0.1) is 0 Å². The van der Waals surface area contributed by atoms with E-state index in [2.05, 4.69) is 47.6 Å². The molecule has 0 saturated heterocycles. The maximum Gasteiger partial charge on any atom is 0.276 e. The number of hydrogen-bond acceptors (Lipinski definition) is 4. The molecule has 2 aromatic rings. The molecule has 0 saturated carbocycles. The highest BCUT2D eigenvalue weighted by Gasteiger charge is 2.13. The summed E-state index contributed by atoms with van der Waals surface area (Å²) in [6, 6.07) is 12.4. The molecular weight excluding hydrogens is 412 g/mol. The first-order valence-corrected chi connectivity index (χ1v) is 9.16. The smallest absolute Gasteiger partial charge is 0.276 e. The van der Waals surface area contributed by atoms with Gasteiger partial charge in [-0.3, -0.25) is 20.4 Å². The summed E-state index contributed by atoms with van der Waals surface area (Å²) in [7, 11) is 1.54. The Balaban J connectivity index is 1.82. The van der Waals surface area contributed by atoms with Crippen LogP contribution in [-0.4, -0.2) is 25.5 Å². The largest absolute Gasteiger partial charge is 0.496 e. The Morgan fingerprint density at radius 2 is 1.70 bits per heavy atom. The van der Waals surface area contributed by atoms with Crippen LogP contribution in [-0.2, 0) is 10.2 Å². The van der Waals surface area contributed by atoms with Gasteiger partial charge in [-0.05, 0) is 57.2 Å². The van der Waals surface area contributed by atoms with Crippen molar-refractivity contribution in [1.82, 2.24) is 10.9 Å². The van der Waals surface area contributed by atoms with E-state index in [1.54, 1.807) is 18.2 Å². The highest BCUT2D eigenvalue weighted by Crippen LogP contribution is 2.25. The van der Waals surface area contributed by atoms with Crippen LogP contribution in [0.5, 0.6) is 11.5 Å². The Morgan fingerprint density at radius 1 is 1.04 bits per heavy atom. The Labute approximate surface area is 167 Å². The van der Waals surface area contributed by atoms with Crippen molar-refractivity contribution >= 4 is 27.7 Å². The van der Waals surface area contributed by atoms with Gasteiger partial charge in [-0.15, -0.1) is 0 Å². The Hall–Kier alpha value is -2.54. The lowest BCUT2D eigenvalue weighted by molar-refractivity contribution is -0.123. The fourth-order valence-corrected chi connectivity index (χ4v) is 2.78. The molecule has 0 aliphatic carbocycles. The summed E-state index contributed by atoms with van der Waals surface area (Å²) < 4.78 is 11.2. The molecule has 0 aromatic heterocycles. The quantitative estimate of drug-likeness (QED) is 0.704. The van der Waals surface area contributed by atoms with Gasteiger partial charge in [0.25, 0.3) is 11.8 Å².